The van der Waals surface area contributed by atoms with Gasteiger partial charge in [0.25, 0.3) is 0 Å². The molecule has 2 rings (SSSR count). The molecule has 0 aliphatic heterocycles. The molecule has 0 aromatic heterocycles. The van der Waals surface area contributed by atoms with Gasteiger partial charge in [-0.25, -0.2) is 4.79 Å². The third-order valence-electron chi connectivity index (χ3n) is 3.34. The van der Waals surface area contributed by atoms with Crippen molar-refractivity contribution >= 4 is 5.97 Å². The van der Waals surface area contributed by atoms with E-state index in [0.717, 1.165) is 17.5 Å². The van der Waals surface area contributed by atoms with E-state index in [1.54, 1.807) is 14.2 Å². The number of rotatable bonds is 3. The van der Waals surface area contributed by atoms with Gasteiger partial charge in [-0.05, 0) is 43.1 Å². The summed E-state index contributed by atoms with van der Waals surface area (Å²) < 4.78 is 5.14. The van der Waals surface area contributed by atoms with Crippen LogP contribution < -0.4 is 10.1 Å². The lowest BCUT2D eigenvalue weighted by molar-refractivity contribution is -0.145. The number of aryl methyl sites for hydroxylation is 1. The molecule has 1 atom stereocenters. The van der Waals surface area contributed by atoms with Crippen molar-refractivity contribution in [3.63, 3.8) is 0 Å². The number of carboxylic acid groups (broad SMARTS) is 1. The predicted octanol–water partition coefficient (Wildman–Crippen LogP) is 1.14. The van der Waals surface area contributed by atoms with Crippen LogP contribution in [0.3, 0.4) is 0 Å². The van der Waals surface area contributed by atoms with Crippen molar-refractivity contribution in [2.45, 2.75) is 18.4 Å². The van der Waals surface area contributed by atoms with Crippen LogP contribution in [0.1, 0.15) is 17.5 Å². The van der Waals surface area contributed by atoms with Crippen LogP contribution in [0.2, 0.25) is 0 Å². The lowest BCUT2D eigenvalue weighted by Crippen LogP contribution is -2.45. The number of hydrogen-bond donors (Lipinski definition) is 2. The Morgan fingerprint density at radius 1 is 1.56 bits per heavy atom. The molecule has 0 radical (unpaired) electrons. The summed E-state index contributed by atoms with van der Waals surface area (Å²) in [5.74, 6) is -0.136. The molecule has 0 amide bonds. The Kier molecular flexibility index (Phi) is 2.59. The van der Waals surface area contributed by atoms with Crippen molar-refractivity contribution in [1.29, 1.82) is 0 Å². The van der Waals surface area contributed by atoms with E-state index < -0.39 is 11.5 Å². The fourth-order valence-electron chi connectivity index (χ4n) is 2.34. The third kappa shape index (κ3) is 1.38. The number of aliphatic carboxylic acids is 1. The molecule has 0 saturated carbocycles. The van der Waals surface area contributed by atoms with Crippen LogP contribution in [0.4, 0.5) is 0 Å². The Hall–Kier alpha value is -1.55. The summed E-state index contributed by atoms with van der Waals surface area (Å²) in [6, 6.07) is 5.62. The quantitative estimate of drug-likeness (QED) is 0.803. The predicted molar refractivity (Wildman–Crippen MR) is 59.7 cm³/mol. The first-order valence-corrected chi connectivity index (χ1v) is 5.24. The van der Waals surface area contributed by atoms with Crippen LogP contribution in [0.25, 0.3) is 0 Å². The Bertz CT molecular complexity index is 430. The zero-order chi connectivity index (χ0) is 11.8. The minimum absolute atomic E-state index is 0.585. The van der Waals surface area contributed by atoms with Crippen LogP contribution in [-0.2, 0) is 16.8 Å². The standard InChI is InChI=1S/C12H15NO3/c1-13-12(11(14)15)6-5-8-3-4-9(16-2)7-10(8)12/h3-4,7,13H,5-6H2,1-2H3,(H,14,15). The van der Waals surface area contributed by atoms with E-state index in [4.69, 9.17) is 4.74 Å². The zero-order valence-electron chi connectivity index (χ0n) is 9.41. The largest absolute Gasteiger partial charge is 0.497 e. The molecule has 4 nitrogen and oxygen atoms in total. The van der Waals surface area contributed by atoms with Gasteiger partial charge in [-0.15, -0.1) is 0 Å². The van der Waals surface area contributed by atoms with Crippen molar-refractivity contribution in [3.05, 3.63) is 29.3 Å². The minimum Gasteiger partial charge on any atom is -0.497 e. The van der Waals surface area contributed by atoms with E-state index in [1.807, 2.05) is 18.2 Å². The highest BCUT2D eigenvalue weighted by atomic mass is 16.5. The van der Waals surface area contributed by atoms with Crippen molar-refractivity contribution in [1.82, 2.24) is 5.32 Å². The summed E-state index contributed by atoms with van der Waals surface area (Å²) in [5.41, 5.74) is 0.948. The van der Waals surface area contributed by atoms with Crippen LogP contribution in [-0.4, -0.2) is 25.2 Å². The van der Waals surface area contributed by atoms with Gasteiger partial charge < -0.3 is 15.2 Å². The summed E-state index contributed by atoms with van der Waals surface area (Å²) >= 11 is 0. The van der Waals surface area contributed by atoms with Gasteiger partial charge in [0.2, 0.25) is 0 Å². The molecular weight excluding hydrogens is 206 g/mol. The molecule has 1 aromatic carbocycles. The molecule has 0 fully saturated rings. The van der Waals surface area contributed by atoms with Crippen molar-refractivity contribution in [3.8, 4) is 5.75 Å². The molecule has 1 aliphatic carbocycles. The van der Waals surface area contributed by atoms with Gasteiger partial charge in [0.1, 0.15) is 11.3 Å². The van der Waals surface area contributed by atoms with Gasteiger partial charge in [-0.3, -0.25) is 0 Å². The molecule has 0 saturated heterocycles. The number of hydrogen-bond acceptors (Lipinski definition) is 3. The molecule has 16 heavy (non-hydrogen) atoms. The molecule has 86 valence electrons. The number of benzene rings is 1. The van der Waals surface area contributed by atoms with Gasteiger partial charge in [0, 0.05) is 0 Å². The molecule has 1 unspecified atom stereocenters. The van der Waals surface area contributed by atoms with Gasteiger partial charge in [0.05, 0.1) is 7.11 Å². The molecule has 1 aliphatic rings. The van der Waals surface area contributed by atoms with Gasteiger partial charge in [-0.2, -0.15) is 0 Å². The normalized spacial score (nSPS) is 22.9. The van der Waals surface area contributed by atoms with E-state index in [-0.39, 0.29) is 0 Å². The fraction of sp³-hybridized carbons (Fsp3) is 0.417. The smallest absolute Gasteiger partial charge is 0.328 e. The molecule has 2 N–H and O–H groups in total. The topological polar surface area (TPSA) is 58.6 Å². The maximum absolute atomic E-state index is 11.4. The number of carbonyl (C=O) groups is 1. The number of nitrogens with one attached hydrogen (secondary N) is 1. The Balaban J connectivity index is 2.55. The maximum Gasteiger partial charge on any atom is 0.328 e. The summed E-state index contributed by atoms with van der Waals surface area (Å²) in [4.78, 5) is 11.4. The van der Waals surface area contributed by atoms with Crippen LogP contribution in [0, 0.1) is 0 Å². The average Bonchev–Trinajstić information content (AvgIpc) is 2.67. The highest BCUT2D eigenvalue weighted by molar-refractivity contribution is 5.82. The van der Waals surface area contributed by atoms with Gasteiger partial charge in [-0.1, -0.05) is 6.07 Å². The highest BCUT2D eigenvalue weighted by Crippen LogP contribution is 2.38. The molecule has 0 bridgehead atoms. The van der Waals surface area contributed by atoms with Crippen molar-refractivity contribution in [2.75, 3.05) is 14.2 Å². The number of methoxy groups -OCH3 is 1. The molecule has 0 spiro atoms. The maximum atomic E-state index is 11.4. The first-order chi connectivity index (χ1) is 7.64. The van der Waals surface area contributed by atoms with Crippen LogP contribution >= 0.6 is 0 Å². The second-order valence-electron chi connectivity index (χ2n) is 3.98. The van der Waals surface area contributed by atoms with E-state index in [9.17, 15) is 9.90 Å². The lowest BCUT2D eigenvalue weighted by atomic mass is 9.92. The fourth-order valence-corrected chi connectivity index (χ4v) is 2.34. The van der Waals surface area contributed by atoms with Crippen molar-refractivity contribution < 1.29 is 14.6 Å². The first-order valence-electron chi connectivity index (χ1n) is 5.24. The number of likely N-dealkylation sites (N-methyl/N-ethyl adjacent to an activating group) is 1. The van der Waals surface area contributed by atoms with Gasteiger partial charge in [0.15, 0.2) is 0 Å². The summed E-state index contributed by atoms with van der Waals surface area (Å²) in [7, 11) is 3.27. The summed E-state index contributed by atoms with van der Waals surface area (Å²) in [5, 5.41) is 12.3. The molecule has 0 heterocycles. The Morgan fingerprint density at radius 3 is 2.88 bits per heavy atom. The Morgan fingerprint density at radius 2 is 2.31 bits per heavy atom. The van der Waals surface area contributed by atoms with E-state index in [1.165, 1.54) is 0 Å². The monoisotopic (exact) mass is 221 g/mol. The second kappa shape index (κ2) is 3.79. The molecule has 1 aromatic rings. The van der Waals surface area contributed by atoms with Gasteiger partial charge >= 0.3 is 5.97 Å². The lowest BCUT2D eigenvalue weighted by Gasteiger charge is -2.25. The van der Waals surface area contributed by atoms with Crippen molar-refractivity contribution in [2.24, 2.45) is 0 Å². The summed E-state index contributed by atoms with van der Waals surface area (Å²) in [6.07, 6.45) is 1.37. The number of fused-ring (bicyclic) bond motifs is 1. The summed E-state index contributed by atoms with van der Waals surface area (Å²) in [6.45, 7) is 0. The molecule has 4 heteroatoms. The highest BCUT2D eigenvalue weighted by Gasteiger charge is 2.44. The minimum atomic E-state index is -0.954. The average molecular weight is 221 g/mol. The first kappa shape index (κ1) is 11.0. The van der Waals surface area contributed by atoms with E-state index in [0.29, 0.717) is 12.2 Å². The van der Waals surface area contributed by atoms with E-state index in [2.05, 4.69) is 5.32 Å². The number of carboxylic acids is 1. The van der Waals surface area contributed by atoms with Crippen LogP contribution in [0.5, 0.6) is 5.75 Å². The van der Waals surface area contributed by atoms with E-state index >= 15 is 0 Å². The van der Waals surface area contributed by atoms with Crippen LogP contribution in [0.15, 0.2) is 18.2 Å². The zero-order valence-corrected chi connectivity index (χ0v) is 9.41. The number of ether oxygens (including phenoxy) is 1. The third-order valence-corrected chi connectivity index (χ3v) is 3.34. The Labute approximate surface area is 94.2 Å². The second-order valence-corrected chi connectivity index (χ2v) is 3.98. The molecular formula is C12H15NO3. The SMILES string of the molecule is CNC1(C(=O)O)CCc2ccc(OC)cc21.